The van der Waals surface area contributed by atoms with Gasteiger partial charge in [0.2, 0.25) is 5.82 Å². The van der Waals surface area contributed by atoms with Crippen LogP contribution >= 0.6 is 0 Å². The Morgan fingerprint density at radius 2 is 1.89 bits per heavy atom. The van der Waals surface area contributed by atoms with E-state index in [1.165, 1.54) is 6.42 Å². The van der Waals surface area contributed by atoms with Gasteiger partial charge in [-0.2, -0.15) is 0 Å². The molecule has 2 atom stereocenters. The van der Waals surface area contributed by atoms with Crippen molar-refractivity contribution in [2.45, 2.75) is 58.9 Å². The van der Waals surface area contributed by atoms with Crippen LogP contribution in [-0.2, 0) is 0 Å². The molecule has 1 aliphatic rings. The van der Waals surface area contributed by atoms with Crippen LogP contribution in [0.15, 0.2) is 0 Å². The van der Waals surface area contributed by atoms with Crippen molar-refractivity contribution in [3.05, 3.63) is 11.6 Å². The van der Waals surface area contributed by atoms with Crippen LogP contribution in [0.2, 0.25) is 0 Å². The molecule has 0 bridgehead atoms. The molecule has 0 spiro atoms. The van der Waals surface area contributed by atoms with Crippen LogP contribution in [0, 0.1) is 11.8 Å². The van der Waals surface area contributed by atoms with E-state index in [0.717, 1.165) is 18.7 Å². The number of amides is 1. The molecular formula is C14H24N4O. The molecule has 1 saturated carbocycles. The van der Waals surface area contributed by atoms with Crippen LogP contribution in [0.4, 0.5) is 0 Å². The lowest BCUT2D eigenvalue weighted by atomic mass is 9.80. The van der Waals surface area contributed by atoms with Gasteiger partial charge in [-0.3, -0.25) is 9.89 Å². The largest absolute Gasteiger partial charge is 0.347 e. The van der Waals surface area contributed by atoms with Crippen molar-refractivity contribution in [1.29, 1.82) is 0 Å². The van der Waals surface area contributed by atoms with E-state index in [4.69, 9.17) is 0 Å². The van der Waals surface area contributed by atoms with Crippen LogP contribution < -0.4 is 5.32 Å². The molecule has 2 unspecified atom stereocenters. The standard InChI is InChI=1S/C14H24N4O/c1-8(2)12-16-13(18-17-12)14(19)15-11-6-9(3)5-10(4)7-11/h8-11H,5-7H2,1-4H3,(H,15,19)(H,16,17,18). The van der Waals surface area contributed by atoms with Gasteiger partial charge in [0, 0.05) is 12.0 Å². The van der Waals surface area contributed by atoms with Crippen LogP contribution in [-0.4, -0.2) is 27.1 Å². The third kappa shape index (κ3) is 3.55. The summed E-state index contributed by atoms with van der Waals surface area (Å²) in [5, 5.41) is 9.88. The number of nitrogens with one attached hydrogen (secondary N) is 2. The summed E-state index contributed by atoms with van der Waals surface area (Å²) in [5.74, 6) is 2.46. The summed E-state index contributed by atoms with van der Waals surface area (Å²) in [6.07, 6.45) is 3.36. The predicted octanol–water partition coefficient (Wildman–Crippen LogP) is 2.48. The second-order valence-electron chi connectivity index (χ2n) is 6.29. The maximum absolute atomic E-state index is 12.1. The number of aromatic nitrogens is 3. The van der Waals surface area contributed by atoms with Crippen molar-refractivity contribution in [3.8, 4) is 0 Å². The van der Waals surface area contributed by atoms with Crippen LogP contribution in [0.5, 0.6) is 0 Å². The Morgan fingerprint density at radius 3 is 2.42 bits per heavy atom. The lowest BCUT2D eigenvalue weighted by Gasteiger charge is -2.31. The van der Waals surface area contributed by atoms with Gasteiger partial charge in [-0.05, 0) is 31.1 Å². The van der Waals surface area contributed by atoms with Gasteiger partial charge < -0.3 is 5.32 Å². The molecule has 2 rings (SSSR count). The second-order valence-corrected chi connectivity index (χ2v) is 6.29. The van der Waals surface area contributed by atoms with E-state index in [1.54, 1.807) is 0 Å². The molecule has 1 aliphatic carbocycles. The van der Waals surface area contributed by atoms with Gasteiger partial charge in [0.15, 0.2) is 0 Å². The first-order valence-electron chi connectivity index (χ1n) is 7.18. The van der Waals surface area contributed by atoms with E-state index in [2.05, 4.69) is 34.3 Å². The Labute approximate surface area is 114 Å². The van der Waals surface area contributed by atoms with Gasteiger partial charge >= 0.3 is 0 Å². The average Bonchev–Trinajstić information content (AvgIpc) is 2.76. The maximum atomic E-state index is 12.1. The normalized spacial score (nSPS) is 27.5. The number of H-pyrrole nitrogens is 1. The van der Waals surface area contributed by atoms with Crippen LogP contribution in [0.3, 0.4) is 0 Å². The summed E-state index contributed by atoms with van der Waals surface area (Å²) < 4.78 is 0. The van der Waals surface area contributed by atoms with E-state index in [0.29, 0.717) is 11.8 Å². The highest BCUT2D eigenvalue weighted by molar-refractivity contribution is 5.90. The van der Waals surface area contributed by atoms with Crippen molar-refractivity contribution in [2.75, 3.05) is 0 Å². The average molecular weight is 264 g/mol. The lowest BCUT2D eigenvalue weighted by Crippen LogP contribution is -2.40. The Hall–Kier alpha value is -1.39. The SMILES string of the molecule is CC1CC(C)CC(NC(=O)c2n[nH]c(C(C)C)n2)C1. The Bertz CT molecular complexity index is 430. The molecule has 19 heavy (non-hydrogen) atoms. The molecule has 1 heterocycles. The summed E-state index contributed by atoms with van der Waals surface area (Å²) in [7, 11) is 0. The van der Waals surface area contributed by atoms with E-state index >= 15 is 0 Å². The Morgan fingerprint density at radius 1 is 1.26 bits per heavy atom. The Kier molecular flexibility index (Phi) is 4.22. The third-order valence-corrected chi connectivity index (χ3v) is 3.77. The van der Waals surface area contributed by atoms with Crippen molar-refractivity contribution in [3.63, 3.8) is 0 Å². The van der Waals surface area contributed by atoms with Gasteiger partial charge in [0.05, 0.1) is 0 Å². The summed E-state index contributed by atoms with van der Waals surface area (Å²) in [6.45, 7) is 8.54. The van der Waals surface area contributed by atoms with Crippen molar-refractivity contribution in [1.82, 2.24) is 20.5 Å². The quantitative estimate of drug-likeness (QED) is 0.881. The van der Waals surface area contributed by atoms with Crippen molar-refractivity contribution >= 4 is 5.91 Å². The topological polar surface area (TPSA) is 70.7 Å². The highest BCUT2D eigenvalue weighted by Crippen LogP contribution is 2.28. The second kappa shape index (κ2) is 5.72. The molecule has 5 heteroatoms. The number of rotatable bonds is 3. The molecule has 2 N–H and O–H groups in total. The smallest absolute Gasteiger partial charge is 0.291 e. The molecular weight excluding hydrogens is 240 g/mol. The molecule has 5 nitrogen and oxygen atoms in total. The summed E-state index contributed by atoms with van der Waals surface area (Å²) in [4.78, 5) is 16.3. The number of hydrogen-bond donors (Lipinski definition) is 2. The van der Waals surface area contributed by atoms with Crippen molar-refractivity contribution < 1.29 is 4.79 Å². The Balaban J connectivity index is 1.96. The number of carbonyl (C=O) groups is 1. The first kappa shape index (κ1) is 14.0. The monoisotopic (exact) mass is 264 g/mol. The molecule has 1 amide bonds. The molecule has 1 aromatic heterocycles. The first-order chi connectivity index (χ1) is 8.95. The van der Waals surface area contributed by atoms with Gasteiger partial charge in [-0.15, -0.1) is 5.10 Å². The maximum Gasteiger partial charge on any atom is 0.291 e. The minimum atomic E-state index is -0.158. The minimum Gasteiger partial charge on any atom is -0.347 e. The summed E-state index contributed by atoms with van der Waals surface area (Å²) >= 11 is 0. The summed E-state index contributed by atoms with van der Waals surface area (Å²) in [6, 6.07) is 0.257. The van der Waals surface area contributed by atoms with Gasteiger partial charge in [-0.25, -0.2) is 4.98 Å². The number of aromatic amines is 1. The molecule has 1 aromatic rings. The van der Waals surface area contributed by atoms with Crippen LogP contribution in [0.25, 0.3) is 0 Å². The fourth-order valence-corrected chi connectivity index (χ4v) is 2.95. The van der Waals surface area contributed by atoms with Gasteiger partial charge in [-0.1, -0.05) is 27.7 Å². The summed E-state index contributed by atoms with van der Waals surface area (Å²) in [5.41, 5.74) is 0. The zero-order chi connectivity index (χ0) is 14.0. The lowest BCUT2D eigenvalue weighted by molar-refractivity contribution is 0.0901. The van der Waals surface area contributed by atoms with E-state index in [1.807, 2.05) is 13.8 Å². The minimum absolute atomic E-state index is 0.158. The molecule has 0 saturated heterocycles. The molecule has 0 aromatic carbocycles. The van der Waals surface area contributed by atoms with Gasteiger partial charge in [0.1, 0.15) is 5.82 Å². The highest BCUT2D eigenvalue weighted by Gasteiger charge is 2.26. The molecule has 106 valence electrons. The first-order valence-corrected chi connectivity index (χ1v) is 7.18. The zero-order valence-electron chi connectivity index (χ0n) is 12.2. The van der Waals surface area contributed by atoms with Crippen LogP contribution in [0.1, 0.15) is 69.3 Å². The fraction of sp³-hybridized carbons (Fsp3) is 0.786. The molecule has 1 fully saturated rings. The number of nitrogens with zero attached hydrogens (tertiary/aromatic N) is 2. The predicted molar refractivity (Wildman–Crippen MR) is 73.9 cm³/mol. The van der Waals surface area contributed by atoms with E-state index in [9.17, 15) is 4.79 Å². The van der Waals surface area contributed by atoms with E-state index in [-0.39, 0.29) is 23.7 Å². The molecule has 0 aliphatic heterocycles. The van der Waals surface area contributed by atoms with Crippen molar-refractivity contribution in [2.24, 2.45) is 11.8 Å². The number of carbonyl (C=O) groups excluding carboxylic acids is 1. The zero-order valence-corrected chi connectivity index (χ0v) is 12.2. The molecule has 0 radical (unpaired) electrons. The fourth-order valence-electron chi connectivity index (χ4n) is 2.95. The highest BCUT2D eigenvalue weighted by atomic mass is 16.2. The van der Waals surface area contributed by atoms with Gasteiger partial charge in [0.25, 0.3) is 5.91 Å². The van der Waals surface area contributed by atoms with E-state index < -0.39 is 0 Å². The number of hydrogen-bond acceptors (Lipinski definition) is 3. The third-order valence-electron chi connectivity index (χ3n) is 3.77.